The van der Waals surface area contributed by atoms with Gasteiger partial charge in [0.1, 0.15) is 42.7 Å². The van der Waals surface area contributed by atoms with Crippen molar-refractivity contribution in [2.24, 2.45) is 46.3 Å². The number of hydrogen-bond acceptors (Lipinski definition) is 16. The van der Waals surface area contributed by atoms with Crippen LogP contribution in [0.2, 0.25) is 0 Å². The first-order valence-corrected chi connectivity index (χ1v) is 22.3. The van der Waals surface area contributed by atoms with Crippen LogP contribution >= 0.6 is 0 Å². The number of fused-ring (bicyclic) bond motifs is 5. The Balaban J connectivity index is 1.19. The maximum absolute atomic E-state index is 13.0. The summed E-state index contributed by atoms with van der Waals surface area (Å²) < 4.78 is 68.6. The Morgan fingerprint density at radius 3 is 2.14 bits per heavy atom. The van der Waals surface area contributed by atoms with E-state index in [1.165, 1.54) is 7.11 Å². The van der Waals surface area contributed by atoms with Gasteiger partial charge in [-0.25, -0.2) is 4.18 Å². The summed E-state index contributed by atoms with van der Waals surface area (Å²) in [5, 5.41) is 87.6. The SMILES string of the molecule is COC1C(O[C@@H]2C=C3[C@H](O)C[C@]4(O)C(CC[C@@]5(C)C4C(OS(=O)(=O)O)[C@H](O)[C@@H]5[C@H](C)CC[C@H](CCOC4OCC(O)C(O)C4O)C(C)C)[C@@]3(C)CC2)OCC(O)C1O. The molecule has 17 nitrogen and oxygen atoms in total. The molecule has 0 aromatic heterocycles. The predicted octanol–water partition coefficient (Wildman–Crippen LogP) is 0.432. The van der Waals surface area contributed by atoms with Gasteiger partial charge in [-0.3, -0.25) is 4.55 Å². The summed E-state index contributed by atoms with van der Waals surface area (Å²) in [7, 11) is -3.69. The molecule has 0 amide bonds. The highest BCUT2D eigenvalue weighted by molar-refractivity contribution is 7.80. The Morgan fingerprint density at radius 1 is 0.845 bits per heavy atom. The first kappa shape index (κ1) is 46.6. The highest BCUT2D eigenvalue weighted by Crippen LogP contribution is 2.70. The second-order valence-electron chi connectivity index (χ2n) is 19.0. The average Bonchev–Trinajstić information content (AvgIpc) is 3.36. The van der Waals surface area contributed by atoms with Crippen molar-refractivity contribution in [3.8, 4) is 0 Å². The molecule has 58 heavy (non-hydrogen) atoms. The first-order valence-electron chi connectivity index (χ1n) is 21.0. The molecule has 2 saturated heterocycles. The van der Waals surface area contributed by atoms with Crippen molar-refractivity contribution in [2.45, 2.75) is 165 Å². The fourth-order valence-corrected chi connectivity index (χ4v) is 12.8. The molecule has 0 bridgehead atoms. The highest BCUT2D eigenvalue weighted by Gasteiger charge is 2.73. The van der Waals surface area contributed by atoms with Crippen LogP contribution in [0.5, 0.6) is 0 Å². The molecule has 4 aliphatic carbocycles. The van der Waals surface area contributed by atoms with Crippen LogP contribution in [0.25, 0.3) is 0 Å². The number of rotatable bonds is 14. The standard InChI is InChI=1S/C40H68O17S/c1-19(2)21(11-14-53-36-32(47)29(44)25(42)17-54-36)8-7-20(3)28-31(46)33(57-58(49,50)51)35-39(28,5)13-10-27-38(4)12-9-22(15-23(38)24(41)16-40(27,35)48)56-37-34(52-6)30(45)26(43)18-55-37/h15,19-22,24-37,41-48H,7-14,16-18H2,1-6H3,(H,49,50,51)/t20-,21-,22+,24-,25?,26?,27?,28+,29?,30?,31-,32?,33?,34?,35?,36?,37?,38+,39-,40+/m1/s1. The quantitative estimate of drug-likeness (QED) is 0.0847. The third-order valence-corrected chi connectivity index (χ3v) is 15.7. The Kier molecular flexibility index (Phi) is 14.2. The molecule has 0 radical (unpaired) electrons. The van der Waals surface area contributed by atoms with E-state index in [4.69, 9.17) is 27.9 Å². The molecule has 0 aromatic carbocycles. The molecular weight excluding hydrogens is 784 g/mol. The van der Waals surface area contributed by atoms with Crippen LogP contribution < -0.4 is 0 Å². The van der Waals surface area contributed by atoms with Gasteiger partial charge in [0.15, 0.2) is 12.6 Å². The third kappa shape index (κ3) is 8.70. The molecular formula is C40H68O17S. The highest BCUT2D eigenvalue weighted by atomic mass is 32.3. The maximum atomic E-state index is 13.0. The van der Waals surface area contributed by atoms with Gasteiger partial charge in [-0.05, 0) is 84.5 Å². The molecule has 5 fully saturated rings. The summed E-state index contributed by atoms with van der Waals surface area (Å²) in [5.74, 6) is -1.80. The number of aliphatic hydroxyl groups excluding tert-OH is 7. The van der Waals surface area contributed by atoms with Gasteiger partial charge in [0.05, 0.1) is 43.7 Å². The minimum Gasteiger partial charge on any atom is -0.390 e. The Bertz CT molecular complexity index is 1550. The lowest BCUT2D eigenvalue weighted by atomic mass is 9.43. The van der Waals surface area contributed by atoms with Crippen molar-refractivity contribution >= 4 is 10.4 Å². The summed E-state index contributed by atoms with van der Waals surface area (Å²) in [4.78, 5) is 0. The first-order chi connectivity index (χ1) is 27.1. The smallest absolute Gasteiger partial charge is 0.390 e. The van der Waals surface area contributed by atoms with Crippen LogP contribution in [-0.4, -0.2) is 160 Å². The van der Waals surface area contributed by atoms with E-state index in [1.54, 1.807) is 0 Å². The van der Waals surface area contributed by atoms with Gasteiger partial charge >= 0.3 is 10.4 Å². The minimum atomic E-state index is -5.07. The Hall–Kier alpha value is -0.910. The average molecular weight is 853 g/mol. The van der Waals surface area contributed by atoms with Gasteiger partial charge < -0.3 is 64.5 Å². The molecule has 0 aromatic rings. The molecule has 9 N–H and O–H groups in total. The van der Waals surface area contributed by atoms with E-state index in [1.807, 2.05) is 26.8 Å². The molecule has 6 aliphatic rings. The van der Waals surface area contributed by atoms with E-state index in [0.717, 1.165) is 0 Å². The topological polar surface area (TPSA) is 272 Å². The van der Waals surface area contributed by atoms with Crippen molar-refractivity contribution < 1.29 is 81.7 Å². The zero-order valence-corrected chi connectivity index (χ0v) is 35.3. The second kappa shape index (κ2) is 17.7. The lowest BCUT2D eigenvalue weighted by Crippen LogP contribution is -2.66. The molecule has 6 rings (SSSR count). The van der Waals surface area contributed by atoms with Gasteiger partial charge in [0, 0.05) is 19.4 Å². The largest absolute Gasteiger partial charge is 0.397 e. The van der Waals surface area contributed by atoms with Crippen LogP contribution in [0.3, 0.4) is 0 Å². The van der Waals surface area contributed by atoms with Crippen molar-refractivity contribution in [2.75, 3.05) is 26.9 Å². The normalized spacial score (nSPS) is 48.1. The molecule has 2 aliphatic heterocycles. The van der Waals surface area contributed by atoms with Gasteiger partial charge in [0.25, 0.3) is 0 Å². The second-order valence-corrected chi connectivity index (χ2v) is 20.0. The number of aliphatic hydroxyl groups is 8. The van der Waals surface area contributed by atoms with E-state index in [-0.39, 0.29) is 44.0 Å². The van der Waals surface area contributed by atoms with Crippen molar-refractivity contribution in [3.05, 3.63) is 11.6 Å². The monoisotopic (exact) mass is 852 g/mol. The summed E-state index contributed by atoms with van der Waals surface area (Å²) >= 11 is 0. The third-order valence-electron chi connectivity index (χ3n) is 15.3. The van der Waals surface area contributed by atoms with Crippen LogP contribution in [0, 0.1) is 46.3 Å². The predicted molar refractivity (Wildman–Crippen MR) is 204 cm³/mol. The Labute approximate surface area is 341 Å². The summed E-state index contributed by atoms with van der Waals surface area (Å²) in [6.07, 6.45) is -8.28. The molecule has 0 spiro atoms. The van der Waals surface area contributed by atoms with Crippen molar-refractivity contribution in [1.29, 1.82) is 0 Å². The van der Waals surface area contributed by atoms with Crippen LogP contribution in [0.15, 0.2) is 11.6 Å². The van der Waals surface area contributed by atoms with Crippen LogP contribution in [-0.2, 0) is 38.3 Å². The molecule has 2 heterocycles. The maximum Gasteiger partial charge on any atom is 0.397 e. The molecule has 336 valence electrons. The van der Waals surface area contributed by atoms with Crippen LogP contribution in [0.4, 0.5) is 0 Å². The van der Waals surface area contributed by atoms with E-state index in [9.17, 15) is 53.8 Å². The Morgan fingerprint density at radius 2 is 1.50 bits per heavy atom. The van der Waals surface area contributed by atoms with Gasteiger partial charge in [0.2, 0.25) is 0 Å². The van der Waals surface area contributed by atoms with E-state index < -0.39 is 118 Å². The van der Waals surface area contributed by atoms with Gasteiger partial charge in [-0.2, -0.15) is 8.42 Å². The summed E-state index contributed by atoms with van der Waals surface area (Å²) in [5.41, 5.74) is -2.63. The van der Waals surface area contributed by atoms with Gasteiger partial charge in [-0.15, -0.1) is 0 Å². The lowest BCUT2D eigenvalue weighted by Gasteiger charge is -2.64. The molecule has 18 heteroatoms. The van der Waals surface area contributed by atoms with Gasteiger partial charge in [-0.1, -0.05) is 47.1 Å². The van der Waals surface area contributed by atoms with Crippen molar-refractivity contribution in [3.63, 3.8) is 0 Å². The molecule has 11 unspecified atom stereocenters. The minimum absolute atomic E-state index is 0.141. The zero-order chi connectivity index (χ0) is 42.7. The fourth-order valence-electron chi connectivity index (χ4n) is 12.3. The summed E-state index contributed by atoms with van der Waals surface area (Å²) in [6.45, 7) is 10.0. The zero-order valence-electron chi connectivity index (χ0n) is 34.4. The van der Waals surface area contributed by atoms with E-state index >= 15 is 0 Å². The van der Waals surface area contributed by atoms with E-state index in [2.05, 4.69) is 13.8 Å². The van der Waals surface area contributed by atoms with Crippen molar-refractivity contribution in [1.82, 2.24) is 0 Å². The fraction of sp³-hybridized carbons (Fsp3) is 0.950. The van der Waals surface area contributed by atoms with E-state index in [0.29, 0.717) is 50.5 Å². The number of ether oxygens (including phenoxy) is 5. The summed E-state index contributed by atoms with van der Waals surface area (Å²) in [6, 6.07) is 0. The number of methoxy groups -OCH3 is 1. The number of hydrogen-bond donors (Lipinski definition) is 9. The molecule has 3 saturated carbocycles. The lowest BCUT2D eigenvalue weighted by molar-refractivity contribution is -0.285. The molecule has 20 atom stereocenters. The van der Waals surface area contributed by atoms with Crippen LogP contribution in [0.1, 0.15) is 86.0 Å².